The smallest absolute Gasteiger partial charge is 0.412 e. The van der Waals surface area contributed by atoms with Gasteiger partial charge in [0.2, 0.25) is 0 Å². The van der Waals surface area contributed by atoms with Gasteiger partial charge in [-0.05, 0) is 59.1 Å². The number of aliphatic hydroxyl groups is 1. The third-order valence-electron chi connectivity index (χ3n) is 5.68. The highest BCUT2D eigenvalue weighted by Gasteiger charge is 2.51. The van der Waals surface area contributed by atoms with E-state index in [0.717, 1.165) is 11.1 Å². The number of carbonyl (C=O) groups is 1. The Morgan fingerprint density at radius 2 is 2.07 bits per heavy atom. The molecule has 8 nitrogen and oxygen atoms in total. The molecular weight excluding hydrogens is 388 g/mol. The lowest BCUT2D eigenvalue weighted by Gasteiger charge is -2.41. The number of benzene rings is 1. The van der Waals surface area contributed by atoms with Crippen LogP contribution in [0.15, 0.2) is 6.07 Å². The molecule has 3 atom stereocenters. The first kappa shape index (κ1) is 22.7. The van der Waals surface area contributed by atoms with E-state index in [9.17, 15) is 15.0 Å². The van der Waals surface area contributed by atoms with Gasteiger partial charge in [-0.1, -0.05) is 6.07 Å². The van der Waals surface area contributed by atoms with Gasteiger partial charge in [0.1, 0.15) is 11.3 Å². The lowest BCUT2D eigenvalue weighted by Crippen LogP contribution is -2.56. The maximum atomic E-state index is 13.1. The average Bonchev–Trinajstić information content (AvgIpc) is 2.94. The number of fused-ring (bicyclic) bond motifs is 1. The third-order valence-corrected chi connectivity index (χ3v) is 5.68. The van der Waals surface area contributed by atoms with Gasteiger partial charge < -0.3 is 29.7 Å². The van der Waals surface area contributed by atoms with E-state index < -0.39 is 29.5 Å². The molecule has 0 aliphatic carbocycles. The van der Waals surface area contributed by atoms with E-state index in [4.69, 9.17) is 14.2 Å². The summed E-state index contributed by atoms with van der Waals surface area (Å²) in [5.41, 5.74) is 0.863. The van der Waals surface area contributed by atoms with Crippen LogP contribution in [0.1, 0.15) is 57.4 Å². The highest BCUT2D eigenvalue weighted by molar-refractivity contribution is 5.70. The maximum Gasteiger partial charge on any atom is 0.412 e. The molecule has 1 amide bonds. The van der Waals surface area contributed by atoms with E-state index in [1.165, 1.54) is 7.11 Å². The zero-order valence-electron chi connectivity index (χ0n) is 18.9. The van der Waals surface area contributed by atoms with Crippen LogP contribution in [0, 0.1) is 6.92 Å². The Bertz CT molecular complexity index is 817. The molecule has 0 aromatic heterocycles. The van der Waals surface area contributed by atoms with Crippen LogP contribution in [0.3, 0.4) is 0 Å². The first-order valence-corrected chi connectivity index (χ1v) is 10.3. The monoisotopic (exact) mass is 422 g/mol. The molecule has 1 saturated heterocycles. The molecular formula is C22H34N2O6. The number of aliphatic hydroxyl groups excluding tert-OH is 1. The number of rotatable bonds is 3. The van der Waals surface area contributed by atoms with Crippen molar-refractivity contribution in [2.24, 2.45) is 0 Å². The summed E-state index contributed by atoms with van der Waals surface area (Å²) in [6.07, 6.45) is 0.0764. The number of ether oxygens (including phenoxy) is 3. The number of aromatic hydroxyl groups is 1. The summed E-state index contributed by atoms with van der Waals surface area (Å²) >= 11 is 0. The highest BCUT2D eigenvalue weighted by Crippen LogP contribution is 2.46. The van der Waals surface area contributed by atoms with Crippen LogP contribution in [0.2, 0.25) is 0 Å². The van der Waals surface area contributed by atoms with Crippen molar-refractivity contribution in [3.05, 3.63) is 22.8 Å². The summed E-state index contributed by atoms with van der Waals surface area (Å²) in [5, 5.41) is 24.3. The summed E-state index contributed by atoms with van der Waals surface area (Å²) in [7, 11) is 1.52. The first-order valence-electron chi connectivity index (χ1n) is 10.3. The van der Waals surface area contributed by atoms with Crippen LogP contribution in [0.5, 0.6) is 11.5 Å². The van der Waals surface area contributed by atoms with Crippen molar-refractivity contribution in [2.75, 3.05) is 20.3 Å². The van der Waals surface area contributed by atoms with Crippen molar-refractivity contribution in [1.82, 2.24) is 10.2 Å². The van der Waals surface area contributed by atoms with Gasteiger partial charge >= 0.3 is 6.09 Å². The maximum absolute atomic E-state index is 13.1. The molecule has 0 spiro atoms. The second kappa shape index (κ2) is 7.90. The molecule has 2 heterocycles. The SMILES string of the molecule is COc1c(C)cc2c(c1O)[C@H]([C@@H]1COC(C)(C)N1C(=O)OC(C)(C)C)N[C@H](CO)C2. The van der Waals surface area contributed by atoms with Crippen molar-refractivity contribution >= 4 is 6.09 Å². The van der Waals surface area contributed by atoms with Crippen LogP contribution < -0.4 is 10.1 Å². The highest BCUT2D eigenvalue weighted by atomic mass is 16.6. The number of hydrogen-bond donors (Lipinski definition) is 3. The minimum absolute atomic E-state index is 0.0511. The van der Waals surface area contributed by atoms with Gasteiger partial charge in [0.15, 0.2) is 11.5 Å². The fourth-order valence-corrected chi connectivity index (χ4v) is 4.47. The number of nitrogens with one attached hydrogen (secondary N) is 1. The fourth-order valence-electron chi connectivity index (χ4n) is 4.47. The Morgan fingerprint density at radius 1 is 1.40 bits per heavy atom. The van der Waals surface area contributed by atoms with E-state index in [1.54, 1.807) is 4.90 Å². The van der Waals surface area contributed by atoms with E-state index in [-0.39, 0.29) is 25.0 Å². The second-order valence-electron chi connectivity index (χ2n) is 9.55. The minimum Gasteiger partial charge on any atom is -0.504 e. The number of hydrogen-bond acceptors (Lipinski definition) is 7. The van der Waals surface area contributed by atoms with Crippen LogP contribution >= 0.6 is 0 Å². The Labute approximate surface area is 178 Å². The van der Waals surface area contributed by atoms with Gasteiger partial charge in [-0.2, -0.15) is 0 Å². The number of nitrogens with zero attached hydrogens (tertiary/aromatic N) is 1. The molecule has 3 rings (SSSR count). The zero-order valence-corrected chi connectivity index (χ0v) is 18.9. The molecule has 1 fully saturated rings. The van der Waals surface area contributed by atoms with Gasteiger partial charge in [0, 0.05) is 11.6 Å². The number of phenols is 1. The molecule has 168 valence electrons. The number of amides is 1. The van der Waals surface area contributed by atoms with Crippen LogP contribution in [-0.2, 0) is 15.9 Å². The average molecular weight is 423 g/mol. The second-order valence-corrected chi connectivity index (χ2v) is 9.55. The molecule has 3 N–H and O–H groups in total. The van der Waals surface area contributed by atoms with Gasteiger partial charge in [-0.3, -0.25) is 4.90 Å². The summed E-state index contributed by atoms with van der Waals surface area (Å²) in [4.78, 5) is 14.7. The molecule has 1 aromatic carbocycles. The van der Waals surface area contributed by atoms with Crippen molar-refractivity contribution in [1.29, 1.82) is 0 Å². The quantitative estimate of drug-likeness (QED) is 0.688. The van der Waals surface area contributed by atoms with E-state index >= 15 is 0 Å². The predicted molar refractivity (Wildman–Crippen MR) is 112 cm³/mol. The topological polar surface area (TPSA) is 100 Å². The van der Waals surface area contributed by atoms with Crippen LogP contribution in [0.25, 0.3) is 0 Å². The third kappa shape index (κ3) is 4.08. The Morgan fingerprint density at radius 3 is 2.63 bits per heavy atom. The normalized spacial score (nSPS) is 25.7. The number of aryl methyl sites for hydroxylation is 1. The predicted octanol–water partition coefficient (Wildman–Crippen LogP) is 2.63. The van der Waals surface area contributed by atoms with Crippen LogP contribution in [-0.4, -0.2) is 64.9 Å². The number of phenolic OH excluding ortho intramolecular Hbond substituents is 1. The van der Waals surface area contributed by atoms with Gasteiger partial charge in [0.25, 0.3) is 0 Å². The van der Waals surface area contributed by atoms with Crippen molar-refractivity contribution in [2.45, 2.75) is 77.4 Å². The molecule has 30 heavy (non-hydrogen) atoms. The molecule has 8 heteroatoms. The lowest BCUT2D eigenvalue weighted by atomic mass is 9.84. The fraction of sp³-hybridized carbons (Fsp3) is 0.682. The molecule has 1 aromatic rings. The number of carbonyl (C=O) groups excluding carboxylic acids is 1. The summed E-state index contributed by atoms with van der Waals surface area (Å²) in [6.45, 7) is 11.2. The van der Waals surface area contributed by atoms with Crippen molar-refractivity contribution in [3.63, 3.8) is 0 Å². The number of methoxy groups -OCH3 is 1. The Kier molecular flexibility index (Phi) is 5.97. The Balaban J connectivity index is 2.08. The standard InChI is InChI=1S/C22H34N2O6/c1-12-8-13-9-14(10-25)23-17(16(13)18(26)19(12)28-7)15-11-29-22(5,6)24(15)20(27)30-21(2,3)4/h8,14-15,17,23,25-26H,9-11H2,1-7H3/t14-,15-,17-/m0/s1. The summed E-state index contributed by atoms with van der Waals surface area (Å²) in [6, 6.07) is 0.859. The lowest BCUT2D eigenvalue weighted by molar-refractivity contribution is -0.0640. The Hall–Kier alpha value is -2.03. The van der Waals surface area contributed by atoms with Gasteiger partial charge in [-0.25, -0.2) is 4.79 Å². The van der Waals surface area contributed by atoms with E-state index in [0.29, 0.717) is 17.7 Å². The minimum atomic E-state index is -0.884. The van der Waals surface area contributed by atoms with Gasteiger partial charge in [0.05, 0.1) is 32.4 Å². The van der Waals surface area contributed by atoms with Crippen LogP contribution in [0.4, 0.5) is 4.79 Å². The molecule has 0 unspecified atom stereocenters. The molecule has 2 aliphatic rings. The largest absolute Gasteiger partial charge is 0.504 e. The molecule has 2 aliphatic heterocycles. The molecule has 0 saturated carbocycles. The summed E-state index contributed by atoms with van der Waals surface area (Å²) in [5.74, 6) is 0.459. The van der Waals surface area contributed by atoms with E-state index in [2.05, 4.69) is 5.32 Å². The van der Waals surface area contributed by atoms with Crippen molar-refractivity contribution in [3.8, 4) is 11.5 Å². The molecule has 0 radical (unpaired) electrons. The first-order chi connectivity index (χ1) is 13.9. The zero-order chi connectivity index (χ0) is 22.4. The van der Waals surface area contributed by atoms with Crippen molar-refractivity contribution < 1.29 is 29.2 Å². The van der Waals surface area contributed by atoms with Gasteiger partial charge in [-0.15, -0.1) is 0 Å². The summed E-state index contributed by atoms with van der Waals surface area (Å²) < 4.78 is 17.0. The van der Waals surface area contributed by atoms with E-state index in [1.807, 2.05) is 47.6 Å². The molecule has 0 bridgehead atoms.